The van der Waals surface area contributed by atoms with Gasteiger partial charge >= 0.3 is 0 Å². The molecule has 0 spiro atoms. The Bertz CT molecular complexity index is 431. The van der Waals surface area contributed by atoms with E-state index >= 15 is 0 Å². The molecule has 1 aromatic carbocycles. The minimum atomic E-state index is 0.574. The van der Waals surface area contributed by atoms with Crippen molar-refractivity contribution in [2.45, 2.75) is 13.5 Å². The van der Waals surface area contributed by atoms with Crippen molar-refractivity contribution >= 4 is 0 Å². The quantitative estimate of drug-likeness (QED) is 0.803. The van der Waals surface area contributed by atoms with Gasteiger partial charge in [0.25, 0.3) is 0 Å². The summed E-state index contributed by atoms with van der Waals surface area (Å²) in [5.74, 6) is 0.789. The van der Waals surface area contributed by atoms with Crippen LogP contribution in [0.5, 0.6) is 0 Å². The van der Waals surface area contributed by atoms with Crippen molar-refractivity contribution < 1.29 is 0 Å². The smallest absolute Gasteiger partial charge is 0.125 e. The summed E-state index contributed by atoms with van der Waals surface area (Å²) in [5.41, 5.74) is 8.81. The van der Waals surface area contributed by atoms with Crippen LogP contribution >= 0.6 is 0 Å². The second-order valence-corrected chi connectivity index (χ2v) is 3.42. The van der Waals surface area contributed by atoms with E-state index in [4.69, 9.17) is 5.73 Å². The maximum Gasteiger partial charge on any atom is 0.125 e. The van der Waals surface area contributed by atoms with E-state index in [1.807, 2.05) is 43.6 Å². The molecule has 0 atom stereocenters. The largest absolute Gasteiger partial charge is 0.326 e. The second-order valence-electron chi connectivity index (χ2n) is 3.42. The first-order chi connectivity index (χ1) is 7.29. The van der Waals surface area contributed by atoms with Crippen molar-refractivity contribution in [2.75, 3.05) is 0 Å². The predicted molar refractivity (Wildman–Crippen MR) is 60.1 cm³/mol. The van der Waals surface area contributed by atoms with E-state index in [-0.39, 0.29) is 0 Å². The molecule has 0 unspecified atom stereocenters. The highest BCUT2D eigenvalue weighted by atomic mass is 14.8. The summed E-state index contributed by atoms with van der Waals surface area (Å²) in [5, 5.41) is 0. The fourth-order valence-corrected chi connectivity index (χ4v) is 1.37. The SMILES string of the molecule is Cc1ncc(-c2ccc(CN)cc2)cn1. The monoisotopic (exact) mass is 199 g/mol. The van der Waals surface area contributed by atoms with Crippen molar-refractivity contribution in [3.63, 3.8) is 0 Å². The van der Waals surface area contributed by atoms with Gasteiger partial charge in [-0.15, -0.1) is 0 Å². The molecule has 1 heterocycles. The van der Waals surface area contributed by atoms with Crippen LogP contribution in [0.4, 0.5) is 0 Å². The van der Waals surface area contributed by atoms with Crippen LogP contribution in [-0.4, -0.2) is 9.97 Å². The van der Waals surface area contributed by atoms with E-state index in [1.54, 1.807) is 0 Å². The molecule has 0 radical (unpaired) electrons. The number of aryl methyl sites for hydroxylation is 1. The van der Waals surface area contributed by atoms with Crippen LogP contribution in [0.3, 0.4) is 0 Å². The van der Waals surface area contributed by atoms with E-state index in [0.29, 0.717) is 6.54 Å². The molecule has 1 aromatic heterocycles. The highest BCUT2D eigenvalue weighted by Gasteiger charge is 1.98. The number of hydrogen-bond acceptors (Lipinski definition) is 3. The first-order valence-electron chi connectivity index (χ1n) is 4.87. The molecule has 76 valence electrons. The van der Waals surface area contributed by atoms with Gasteiger partial charge < -0.3 is 5.73 Å². The van der Waals surface area contributed by atoms with Crippen LogP contribution < -0.4 is 5.73 Å². The summed E-state index contributed by atoms with van der Waals surface area (Å²) in [7, 11) is 0. The van der Waals surface area contributed by atoms with Gasteiger partial charge in [-0.25, -0.2) is 9.97 Å². The van der Waals surface area contributed by atoms with Crippen LogP contribution in [0.25, 0.3) is 11.1 Å². The minimum Gasteiger partial charge on any atom is -0.326 e. The molecule has 2 N–H and O–H groups in total. The van der Waals surface area contributed by atoms with Gasteiger partial charge in [-0.3, -0.25) is 0 Å². The van der Waals surface area contributed by atoms with Crippen LogP contribution in [-0.2, 0) is 6.54 Å². The third-order valence-corrected chi connectivity index (χ3v) is 2.30. The lowest BCUT2D eigenvalue weighted by Crippen LogP contribution is -1.95. The Morgan fingerprint density at radius 2 is 1.60 bits per heavy atom. The minimum absolute atomic E-state index is 0.574. The topological polar surface area (TPSA) is 51.8 Å². The van der Waals surface area contributed by atoms with Gasteiger partial charge in [-0.2, -0.15) is 0 Å². The average molecular weight is 199 g/mol. The first kappa shape index (κ1) is 9.80. The average Bonchev–Trinajstić information content (AvgIpc) is 2.30. The Hall–Kier alpha value is -1.74. The van der Waals surface area contributed by atoms with Gasteiger partial charge in [-0.1, -0.05) is 24.3 Å². The first-order valence-corrected chi connectivity index (χ1v) is 4.87. The van der Waals surface area contributed by atoms with Crippen molar-refractivity contribution in [2.24, 2.45) is 5.73 Å². The lowest BCUT2D eigenvalue weighted by atomic mass is 10.1. The second kappa shape index (κ2) is 4.19. The molecular weight excluding hydrogens is 186 g/mol. The number of benzene rings is 1. The summed E-state index contributed by atoms with van der Waals surface area (Å²) in [6.45, 7) is 2.45. The number of aromatic nitrogens is 2. The third kappa shape index (κ3) is 2.19. The number of rotatable bonds is 2. The molecule has 0 aliphatic heterocycles. The lowest BCUT2D eigenvalue weighted by molar-refractivity contribution is 1.05. The van der Waals surface area contributed by atoms with Crippen molar-refractivity contribution in [3.8, 4) is 11.1 Å². The summed E-state index contributed by atoms with van der Waals surface area (Å²) in [6, 6.07) is 8.12. The molecule has 0 amide bonds. The Morgan fingerprint density at radius 1 is 1.00 bits per heavy atom. The molecule has 0 saturated heterocycles. The van der Waals surface area contributed by atoms with Gasteiger partial charge in [0.2, 0.25) is 0 Å². The van der Waals surface area contributed by atoms with Gasteiger partial charge in [0.05, 0.1) is 0 Å². The van der Waals surface area contributed by atoms with Crippen LogP contribution in [0.2, 0.25) is 0 Å². The molecule has 0 saturated carbocycles. The maximum absolute atomic E-state index is 5.53. The highest BCUT2D eigenvalue weighted by molar-refractivity contribution is 5.61. The fourth-order valence-electron chi connectivity index (χ4n) is 1.37. The fraction of sp³-hybridized carbons (Fsp3) is 0.167. The number of nitrogens with zero attached hydrogens (tertiary/aromatic N) is 2. The summed E-state index contributed by atoms with van der Waals surface area (Å²) < 4.78 is 0. The zero-order chi connectivity index (χ0) is 10.7. The lowest BCUT2D eigenvalue weighted by Gasteiger charge is -2.02. The van der Waals surface area contributed by atoms with E-state index in [0.717, 1.165) is 22.5 Å². The molecule has 3 heteroatoms. The molecule has 0 bridgehead atoms. The normalized spacial score (nSPS) is 10.3. The van der Waals surface area contributed by atoms with E-state index < -0.39 is 0 Å². The Kier molecular flexibility index (Phi) is 2.74. The maximum atomic E-state index is 5.53. The zero-order valence-electron chi connectivity index (χ0n) is 8.64. The van der Waals surface area contributed by atoms with Crippen molar-refractivity contribution in [1.29, 1.82) is 0 Å². The summed E-state index contributed by atoms with van der Waals surface area (Å²) >= 11 is 0. The molecule has 0 aliphatic carbocycles. The van der Waals surface area contributed by atoms with Gasteiger partial charge in [0, 0.05) is 24.5 Å². The molecule has 2 aromatic rings. The van der Waals surface area contributed by atoms with Crippen molar-refractivity contribution in [3.05, 3.63) is 48.0 Å². The summed E-state index contributed by atoms with van der Waals surface area (Å²) in [6.07, 6.45) is 3.67. The van der Waals surface area contributed by atoms with Crippen LogP contribution in [0.1, 0.15) is 11.4 Å². The highest BCUT2D eigenvalue weighted by Crippen LogP contribution is 2.17. The van der Waals surface area contributed by atoms with Gasteiger partial charge in [-0.05, 0) is 18.1 Å². The zero-order valence-corrected chi connectivity index (χ0v) is 8.64. The number of nitrogens with two attached hydrogens (primary N) is 1. The molecule has 3 nitrogen and oxygen atoms in total. The molecule has 15 heavy (non-hydrogen) atoms. The Morgan fingerprint density at radius 3 is 2.13 bits per heavy atom. The molecule has 0 fully saturated rings. The van der Waals surface area contributed by atoms with Crippen LogP contribution in [0, 0.1) is 6.92 Å². The van der Waals surface area contributed by atoms with Crippen molar-refractivity contribution in [1.82, 2.24) is 9.97 Å². The predicted octanol–water partition coefficient (Wildman–Crippen LogP) is 1.91. The molecular formula is C12H13N3. The number of hydrogen-bond donors (Lipinski definition) is 1. The van der Waals surface area contributed by atoms with Gasteiger partial charge in [0.1, 0.15) is 5.82 Å². The summed E-state index contributed by atoms with van der Waals surface area (Å²) in [4.78, 5) is 8.32. The van der Waals surface area contributed by atoms with Crippen LogP contribution in [0.15, 0.2) is 36.7 Å². The van der Waals surface area contributed by atoms with E-state index in [1.165, 1.54) is 0 Å². The van der Waals surface area contributed by atoms with E-state index in [2.05, 4.69) is 9.97 Å². The third-order valence-electron chi connectivity index (χ3n) is 2.30. The standard InChI is InChI=1S/C12H13N3/c1-9-14-7-12(8-15-9)11-4-2-10(6-13)3-5-11/h2-5,7-8H,6,13H2,1H3. The Labute approximate surface area is 89.0 Å². The van der Waals surface area contributed by atoms with Gasteiger partial charge in [0.15, 0.2) is 0 Å². The molecule has 2 rings (SSSR count). The molecule has 0 aliphatic rings. The Balaban J connectivity index is 2.33. The van der Waals surface area contributed by atoms with E-state index in [9.17, 15) is 0 Å².